The Bertz CT molecular complexity index is 283. The Balaban J connectivity index is 2.20. The van der Waals surface area contributed by atoms with E-state index in [1.54, 1.807) is 6.26 Å². The van der Waals surface area contributed by atoms with Crippen LogP contribution in [0.25, 0.3) is 0 Å². The first-order chi connectivity index (χ1) is 6.80. The van der Waals surface area contributed by atoms with E-state index >= 15 is 0 Å². The van der Waals surface area contributed by atoms with Gasteiger partial charge in [0.1, 0.15) is 11.4 Å². The molecule has 0 saturated carbocycles. The van der Waals surface area contributed by atoms with E-state index in [2.05, 4.69) is 22.9 Å². The number of rotatable bonds is 3. The number of hydrogen-bond acceptors (Lipinski definition) is 2. The Hall–Kier alpha value is -0.280. The van der Waals surface area contributed by atoms with Crippen LogP contribution in [0.5, 0.6) is 0 Å². The molecule has 1 aliphatic rings. The number of ether oxygens (including phenoxy) is 1. The van der Waals surface area contributed by atoms with Crippen molar-refractivity contribution in [3.8, 4) is 0 Å². The first-order valence-electron chi connectivity index (χ1n) is 5.08. The largest absolute Gasteiger partial charge is 0.466 e. The van der Waals surface area contributed by atoms with Gasteiger partial charge >= 0.3 is 0 Å². The van der Waals surface area contributed by atoms with Crippen LogP contribution in [0.15, 0.2) is 22.8 Å². The Kier molecular flexibility index (Phi) is 2.98. The van der Waals surface area contributed by atoms with E-state index < -0.39 is 0 Å². The highest BCUT2D eigenvalue weighted by atomic mass is 79.9. The van der Waals surface area contributed by atoms with E-state index in [-0.39, 0.29) is 5.60 Å². The lowest BCUT2D eigenvalue weighted by Gasteiger charge is -2.25. The Morgan fingerprint density at radius 3 is 3.00 bits per heavy atom. The summed E-state index contributed by atoms with van der Waals surface area (Å²) >= 11 is 3.46. The minimum atomic E-state index is -0.165. The molecule has 2 unspecified atom stereocenters. The van der Waals surface area contributed by atoms with Crippen LogP contribution >= 0.6 is 15.9 Å². The fourth-order valence-electron chi connectivity index (χ4n) is 2.09. The molecule has 1 saturated heterocycles. The second kappa shape index (κ2) is 4.07. The third kappa shape index (κ3) is 1.63. The Labute approximate surface area is 92.8 Å². The van der Waals surface area contributed by atoms with Gasteiger partial charge in [0.05, 0.1) is 12.4 Å². The molecule has 0 aliphatic carbocycles. The Morgan fingerprint density at radius 2 is 2.50 bits per heavy atom. The Morgan fingerprint density at radius 1 is 1.64 bits per heavy atom. The molecule has 0 bridgehead atoms. The predicted octanol–water partition coefficient (Wildman–Crippen LogP) is 3.46. The van der Waals surface area contributed by atoms with E-state index in [0.29, 0.717) is 6.10 Å². The summed E-state index contributed by atoms with van der Waals surface area (Å²) in [6.45, 7) is 2.15. The molecule has 0 aromatic carbocycles. The van der Waals surface area contributed by atoms with E-state index in [4.69, 9.17) is 9.15 Å². The van der Waals surface area contributed by atoms with Crippen molar-refractivity contribution < 1.29 is 9.15 Å². The van der Waals surface area contributed by atoms with Gasteiger partial charge in [0.25, 0.3) is 0 Å². The molecule has 78 valence electrons. The standard InChI is InChI=1S/C11H15BrO2/c1-2-11(10-4-3-7-13-10)6-5-9(8-12)14-11/h3-4,7,9H,2,5-6,8H2,1H3. The van der Waals surface area contributed by atoms with Gasteiger partial charge in [-0.15, -0.1) is 0 Å². The average Bonchev–Trinajstić information content (AvgIpc) is 2.87. The molecule has 0 spiro atoms. The highest BCUT2D eigenvalue weighted by Gasteiger charge is 2.41. The smallest absolute Gasteiger partial charge is 0.135 e. The lowest BCUT2D eigenvalue weighted by molar-refractivity contribution is -0.0531. The molecule has 2 atom stereocenters. The minimum absolute atomic E-state index is 0.165. The fraction of sp³-hybridized carbons (Fsp3) is 0.636. The van der Waals surface area contributed by atoms with Crippen molar-refractivity contribution in [2.45, 2.75) is 37.9 Å². The van der Waals surface area contributed by atoms with Gasteiger partial charge in [-0.05, 0) is 31.4 Å². The molecule has 14 heavy (non-hydrogen) atoms. The van der Waals surface area contributed by atoms with Crippen LogP contribution < -0.4 is 0 Å². The van der Waals surface area contributed by atoms with Gasteiger partial charge in [-0.2, -0.15) is 0 Å². The van der Waals surface area contributed by atoms with Gasteiger partial charge in [0.15, 0.2) is 0 Å². The fourth-order valence-corrected chi connectivity index (χ4v) is 2.55. The first kappa shape index (κ1) is 10.2. The predicted molar refractivity (Wildman–Crippen MR) is 58.6 cm³/mol. The summed E-state index contributed by atoms with van der Waals surface area (Å²) in [6, 6.07) is 3.94. The minimum Gasteiger partial charge on any atom is -0.466 e. The lowest BCUT2D eigenvalue weighted by Crippen LogP contribution is -2.25. The summed E-state index contributed by atoms with van der Waals surface area (Å²) in [6.07, 6.45) is 5.20. The van der Waals surface area contributed by atoms with Gasteiger partial charge in [0.2, 0.25) is 0 Å². The normalized spacial score (nSPS) is 32.3. The van der Waals surface area contributed by atoms with E-state index in [0.717, 1.165) is 30.4 Å². The maximum atomic E-state index is 6.05. The second-order valence-corrected chi connectivity index (χ2v) is 4.41. The van der Waals surface area contributed by atoms with Crippen molar-refractivity contribution in [1.29, 1.82) is 0 Å². The molecule has 1 aromatic rings. The van der Waals surface area contributed by atoms with Crippen LogP contribution in [0.3, 0.4) is 0 Å². The molecular formula is C11H15BrO2. The molecule has 1 aliphatic heterocycles. The molecule has 2 nitrogen and oxygen atoms in total. The summed E-state index contributed by atoms with van der Waals surface area (Å²) < 4.78 is 11.5. The van der Waals surface area contributed by atoms with Gasteiger partial charge in [-0.1, -0.05) is 22.9 Å². The molecule has 0 radical (unpaired) electrons. The molecule has 0 amide bonds. The van der Waals surface area contributed by atoms with Crippen molar-refractivity contribution in [2.24, 2.45) is 0 Å². The summed E-state index contributed by atoms with van der Waals surface area (Å²) in [5.41, 5.74) is -0.165. The summed E-state index contributed by atoms with van der Waals surface area (Å²) in [4.78, 5) is 0. The molecule has 2 rings (SSSR count). The SMILES string of the molecule is CCC1(c2ccco2)CCC(CBr)O1. The first-order valence-corrected chi connectivity index (χ1v) is 6.20. The maximum Gasteiger partial charge on any atom is 0.135 e. The lowest BCUT2D eigenvalue weighted by atomic mass is 9.94. The molecular weight excluding hydrogens is 244 g/mol. The third-order valence-electron chi connectivity index (χ3n) is 2.98. The topological polar surface area (TPSA) is 22.4 Å². The highest BCUT2D eigenvalue weighted by molar-refractivity contribution is 9.09. The zero-order chi connectivity index (χ0) is 10.0. The third-order valence-corrected chi connectivity index (χ3v) is 3.70. The number of alkyl halides is 1. The van der Waals surface area contributed by atoms with Crippen LogP contribution in [0, 0.1) is 0 Å². The van der Waals surface area contributed by atoms with Crippen molar-refractivity contribution >= 4 is 15.9 Å². The van der Waals surface area contributed by atoms with E-state index in [1.165, 1.54) is 0 Å². The molecule has 3 heteroatoms. The van der Waals surface area contributed by atoms with Crippen LogP contribution in [0.2, 0.25) is 0 Å². The summed E-state index contributed by atoms with van der Waals surface area (Å²) in [7, 11) is 0. The van der Waals surface area contributed by atoms with E-state index in [1.807, 2.05) is 12.1 Å². The van der Waals surface area contributed by atoms with Crippen LogP contribution in [-0.4, -0.2) is 11.4 Å². The van der Waals surface area contributed by atoms with Gasteiger partial charge < -0.3 is 9.15 Å². The van der Waals surface area contributed by atoms with E-state index in [9.17, 15) is 0 Å². The summed E-state index contributed by atoms with van der Waals surface area (Å²) in [5, 5.41) is 0.912. The number of furan rings is 1. The molecule has 1 aromatic heterocycles. The number of halogens is 1. The van der Waals surface area contributed by atoms with Crippen molar-refractivity contribution in [2.75, 3.05) is 5.33 Å². The van der Waals surface area contributed by atoms with Crippen LogP contribution in [0.4, 0.5) is 0 Å². The molecule has 0 N–H and O–H groups in total. The quantitative estimate of drug-likeness (QED) is 0.775. The number of hydrogen-bond donors (Lipinski definition) is 0. The summed E-state index contributed by atoms with van der Waals surface area (Å²) in [5.74, 6) is 0.975. The van der Waals surface area contributed by atoms with Crippen LogP contribution in [0.1, 0.15) is 31.9 Å². The van der Waals surface area contributed by atoms with Gasteiger partial charge in [-0.25, -0.2) is 0 Å². The zero-order valence-electron chi connectivity index (χ0n) is 8.33. The maximum absolute atomic E-state index is 6.05. The van der Waals surface area contributed by atoms with Gasteiger partial charge in [0, 0.05) is 5.33 Å². The van der Waals surface area contributed by atoms with Crippen molar-refractivity contribution in [3.05, 3.63) is 24.2 Å². The van der Waals surface area contributed by atoms with Crippen molar-refractivity contribution in [1.82, 2.24) is 0 Å². The van der Waals surface area contributed by atoms with Crippen LogP contribution in [-0.2, 0) is 10.3 Å². The second-order valence-electron chi connectivity index (χ2n) is 3.76. The molecule has 2 heterocycles. The zero-order valence-corrected chi connectivity index (χ0v) is 9.92. The average molecular weight is 259 g/mol. The highest BCUT2D eigenvalue weighted by Crippen LogP contribution is 2.42. The molecule has 1 fully saturated rings. The van der Waals surface area contributed by atoms with Gasteiger partial charge in [-0.3, -0.25) is 0 Å². The monoisotopic (exact) mass is 258 g/mol. The van der Waals surface area contributed by atoms with Crippen molar-refractivity contribution in [3.63, 3.8) is 0 Å².